The molecule has 0 amide bonds. The molecule has 2 aromatic rings. The van der Waals surface area contributed by atoms with Gasteiger partial charge in [-0.2, -0.15) is 0 Å². The normalized spacial score (nSPS) is 11.9. The van der Waals surface area contributed by atoms with Gasteiger partial charge in [0, 0.05) is 24.8 Å². The summed E-state index contributed by atoms with van der Waals surface area (Å²) in [4.78, 5) is 4.69. The van der Waals surface area contributed by atoms with E-state index in [0.717, 1.165) is 18.1 Å². The van der Waals surface area contributed by atoms with Gasteiger partial charge in [-0.05, 0) is 36.5 Å². The van der Waals surface area contributed by atoms with Crippen LogP contribution < -0.4 is 5.73 Å². The SMILES string of the molecule is Cc1ccc(C(C)(C)C)cc1-c1cn(CCN)c(C)n1. The number of aromatic nitrogens is 2. The summed E-state index contributed by atoms with van der Waals surface area (Å²) in [5, 5.41) is 0. The fraction of sp³-hybridized carbons (Fsp3) is 0.471. The van der Waals surface area contributed by atoms with Gasteiger partial charge < -0.3 is 10.3 Å². The molecule has 108 valence electrons. The van der Waals surface area contributed by atoms with E-state index in [4.69, 9.17) is 10.7 Å². The molecule has 0 saturated carbocycles. The molecule has 20 heavy (non-hydrogen) atoms. The van der Waals surface area contributed by atoms with Crippen molar-refractivity contribution in [3.63, 3.8) is 0 Å². The molecule has 1 aromatic heterocycles. The van der Waals surface area contributed by atoms with Gasteiger partial charge in [-0.1, -0.05) is 32.9 Å². The molecule has 0 bridgehead atoms. The van der Waals surface area contributed by atoms with E-state index in [0.29, 0.717) is 6.54 Å². The molecule has 2 rings (SSSR count). The second-order valence-corrected chi connectivity index (χ2v) is 6.44. The topological polar surface area (TPSA) is 43.8 Å². The maximum atomic E-state index is 5.64. The number of nitrogens with two attached hydrogens (primary N) is 1. The molecule has 0 atom stereocenters. The lowest BCUT2D eigenvalue weighted by Crippen LogP contribution is -2.11. The first-order chi connectivity index (χ1) is 9.32. The first-order valence-electron chi connectivity index (χ1n) is 7.18. The van der Waals surface area contributed by atoms with Crippen LogP contribution in [0, 0.1) is 13.8 Å². The summed E-state index contributed by atoms with van der Waals surface area (Å²) in [6, 6.07) is 6.67. The summed E-state index contributed by atoms with van der Waals surface area (Å²) in [5.41, 5.74) is 10.6. The van der Waals surface area contributed by atoms with E-state index in [9.17, 15) is 0 Å². The smallest absolute Gasteiger partial charge is 0.106 e. The molecule has 3 nitrogen and oxygen atoms in total. The van der Waals surface area contributed by atoms with Crippen molar-refractivity contribution in [1.82, 2.24) is 9.55 Å². The zero-order valence-electron chi connectivity index (χ0n) is 13.2. The van der Waals surface area contributed by atoms with Gasteiger partial charge in [0.2, 0.25) is 0 Å². The Kier molecular flexibility index (Phi) is 4.00. The average Bonchev–Trinajstić information content (AvgIpc) is 2.70. The van der Waals surface area contributed by atoms with Crippen LogP contribution in [0.1, 0.15) is 37.7 Å². The summed E-state index contributed by atoms with van der Waals surface area (Å²) >= 11 is 0. The van der Waals surface area contributed by atoms with Crippen LogP contribution >= 0.6 is 0 Å². The van der Waals surface area contributed by atoms with Crippen molar-refractivity contribution in [2.45, 2.75) is 46.6 Å². The van der Waals surface area contributed by atoms with E-state index in [1.807, 2.05) is 6.92 Å². The summed E-state index contributed by atoms with van der Waals surface area (Å²) in [6.45, 7) is 12.3. The Balaban J connectivity index is 2.49. The van der Waals surface area contributed by atoms with E-state index in [-0.39, 0.29) is 5.41 Å². The highest BCUT2D eigenvalue weighted by atomic mass is 15.1. The lowest BCUT2D eigenvalue weighted by molar-refractivity contribution is 0.590. The summed E-state index contributed by atoms with van der Waals surface area (Å²) < 4.78 is 2.12. The highest BCUT2D eigenvalue weighted by Gasteiger charge is 2.16. The first kappa shape index (κ1) is 14.8. The monoisotopic (exact) mass is 271 g/mol. The zero-order chi connectivity index (χ0) is 14.9. The number of hydrogen-bond donors (Lipinski definition) is 1. The van der Waals surface area contributed by atoms with Gasteiger partial charge in [-0.25, -0.2) is 4.98 Å². The van der Waals surface area contributed by atoms with Crippen LogP contribution in [0.25, 0.3) is 11.3 Å². The number of benzene rings is 1. The molecule has 0 spiro atoms. The molecular formula is C17H25N3. The lowest BCUT2D eigenvalue weighted by Gasteiger charge is -2.20. The zero-order valence-corrected chi connectivity index (χ0v) is 13.2. The molecule has 0 saturated heterocycles. The minimum Gasteiger partial charge on any atom is -0.333 e. The predicted molar refractivity (Wildman–Crippen MR) is 84.9 cm³/mol. The molecule has 3 heteroatoms. The molecule has 0 aliphatic carbocycles. The Hall–Kier alpha value is -1.61. The van der Waals surface area contributed by atoms with Gasteiger partial charge in [0.1, 0.15) is 5.82 Å². The Labute approximate surface area is 121 Å². The summed E-state index contributed by atoms with van der Waals surface area (Å²) in [6.07, 6.45) is 2.11. The number of nitrogens with zero attached hydrogens (tertiary/aromatic N) is 2. The minimum absolute atomic E-state index is 0.150. The van der Waals surface area contributed by atoms with Crippen molar-refractivity contribution in [3.8, 4) is 11.3 Å². The van der Waals surface area contributed by atoms with Crippen LogP contribution in [0.15, 0.2) is 24.4 Å². The number of aryl methyl sites for hydroxylation is 2. The van der Waals surface area contributed by atoms with Gasteiger partial charge >= 0.3 is 0 Å². The maximum absolute atomic E-state index is 5.64. The van der Waals surface area contributed by atoms with Gasteiger partial charge in [-0.3, -0.25) is 0 Å². The van der Waals surface area contributed by atoms with E-state index >= 15 is 0 Å². The third-order valence-electron chi connectivity index (χ3n) is 3.73. The van der Waals surface area contributed by atoms with Crippen LogP contribution in [-0.2, 0) is 12.0 Å². The molecule has 0 fully saturated rings. The van der Waals surface area contributed by atoms with Crippen LogP contribution in [0.5, 0.6) is 0 Å². The van der Waals surface area contributed by atoms with Crippen molar-refractivity contribution >= 4 is 0 Å². The quantitative estimate of drug-likeness (QED) is 0.929. The molecule has 2 N–H and O–H groups in total. The second-order valence-electron chi connectivity index (χ2n) is 6.44. The third-order valence-corrected chi connectivity index (χ3v) is 3.73. The molecule has 1 heterocycles. The number of imidazole rings is 1. The molecule has 0 aliphatic heterocycles. The van der Waals surface area contributed by atoms with Crippen LogP contribution in [0.4, 0.5) is 0 Å². The Morgan fingerprint density at radius 2 is 1.90 bits per heavy atom. The highest BCUT2D eigenvalue weighted by molar-refractivity contribution is 5.64. The first-order valence-corrected chi connectivity index (χ1v) is 7.18. The van der Waals surface area contributed by atoms with Crippen molar-refractivity contribution in [2.24, 2.45) is 5.73 Å². The molecule has 1 aromatic carbocycles. The van der Waals surface area contributed by atoms with Gasteiger partial charge in [0.15, 0.2) is 0 Å². The molecular weight excluding hydrogens is 246 g/mol. The predicted octanol–water partition coefficient (Wildman–Crippen LogP) is 3.42. The van der Waals surface area contributed by atoms with Gasteiger partial charge in [0.05, 0.1) is 5.69 Å². The van der Waals surface area contributed by atoms with Crippen molar-refractivity contribution in [2.75, 3.05) is 6.54 Å². The Bertz CT molecular complexity index is 603. The number of hydrogen-bond acceptors (Lipinski definition) is 2. The molecule has 0 aliphatic rings. The van der Waals surface area contributed by atoms with Crippen molar-refractivity contribution < 1.29 is 0 Å². The Morgan fingerprint density at radius 1 is 1.20 bits per heavy atom. The summed E-state index contributed by atoms with van der Waals surface area (Å²) in [5.74, 6) is 1.02. The summed E-state index contributed by atoms with van der Waals surface area (Å²) in [7, 11) is 0. The average molecular weight is 271 g/mol. The van der Waals surface area contributed by atoms with E-state index in [1.54, 1.807) is 0 Å². The van der Waals surface area contributed by atoms with Crippen molar-refractivity contribution in [3.05, 3.63) is 41.3 Å². The largest absolute Gasteiger partial charge is 0.333 e. The van der Waals surface area contributed by atoms with E-state index < -0.39 is 0 Å². The fourth-order valence-corrected chi connectivity index (χ4v) is 2.37. The maximum Gasteiger partial charge on any atom is 0.106 e. The fourth-order valence-electron chi connectivity index (χ4n) is 2.37. The van der Waals surface area contributed by atoms with Gasteiger partial charge in [-0.15, -0.1) is 0 Å². The number of rotatable bonds is 3. The molecule has 0 radical (unpaired) electrons. The van der Waals surface area contributed by atoms with Crippen LogP contribution in [0.2, 0.25) is 0 Å². The standard InChI is InChI=1S/C17H25N3/c1-12-6-7-14(17(3,4)5)10-15(12)16-11-20(9-8-18)13(2)19-16/h6-7,10-11H,8-9,18H2,1-5H3. The highest BCUT2D eigenvalue weighted by Crippen LogP contribution is 2.29. The third kappa shape index (κ3) is 2.93. The van der Waals surface area contributed by atoms with Crippen molar-refractivity contribution in [1.29, 1.82) is 0 Å². The van der Waals surface area contributed by atoms with Gasteiger partial charge in [0.25, 0.3) is 0 Å². The Morgan fingerprint density at radius 3 is 2.50 bits per heavy atom. The van der Waals surface area contributed by atoms with E-state index in [2.05, 4.69) is 56.7 Å². The minimum atomic E-state index is 0.150. The second kappa shape index (κ2) is 5.41. The van der Waals surface area contributed by atoms with Crippen LogP contribution in [0.3, 0.4) is 0 Å². The molecule has 0 unspecified atom stereocenters. The van der Waals surface area contributed by atoms with Crippen LogP contribution in [-0.4, -0.2) is 16.1 Å². The lowest BCUT2D eigenvalue weighted by atomic mass is 9.85. The van der Waals surface area contributed by atoms with E-state index in [1.165, 1.54) is 16.7 Å².